The first kappa shape index (κ1) is 60.7. The number of rotatable bonds is 20. The summed E-state index contributed by atoms with van der Waals surface area (Å²) < 4.78 is 32.1. The lowest BCUT2D eigenvalue weighted by molar-refractivity contribution is -0.139. The summed E-state index contributed by atoms with van der Waals surface area (Å²) in [5.41, 5.74) is 12.9. The summed E-state index contributed by atoms with van der Waals surface area (Å²) in [6, 6.07) is 31.8. The van der Waals surface area contributed by atoms with E-state index in [1.165, 1.54) is 52.1 Å². The maximum absolute atomic E-state index is 14.8. The van der Waals surface area contributed by atoms with Crippen molar-refractivity contribution in [2.75, 3.05) is 7.11 Å². The van der Waals surface area contributed by atoms with Gasteiger partial charge in [0.1, 0.15) is 5.82 Å². The summed E-state index contributed by atoms with van der Waals surface area (Å²) in [5.74, 6) is -0.862. The number of hydrogen-bond donors (Lipinski definition) is 2. The fraction of sp³-hybridized carbons (Fsp3) is 0.478. The van der Waals surface area contributed by atoms with Gasteiger partial charge in [0.15, 0.2) is 0 Å². The van der Waals surface area contributed by atoms with Gasteiger partial charge in [-0.05, 0) is 185 Å². The minimum Gasteiger partial charge on any atom is -0.469 e. The standard InChI is InChI=1S/C35H43FO3.C32H47BO3/c1-8-34(38,9-2)19-18-26-14-15-29(20-24(26)5)35(10-3,11-4)30-16-17-31(25(6)21-30)27-12-13-28(32(36)22-27)23-33(37)39-7;1-11-31(34,12-2)20-19-25-15-16-26(21-23(25)5)32(13-3,14-4)27-17-18-28(24(6)22-27)33-35-29(7,8)30(9,10)36-33/h12-22,38H,8-11,23H2,1-7H3;15-22,34H,11-14H2,1-10H3/b19-18+;20-19+. The summed E-state index contributed by atoms with van der Waals surface area (Å²) in [6.45, 7) is 34.0. The van der Waals surface area contributed by atoms with Crippen LogP contribution < -0.4 is 5.46 Å². The van der Waals surface area contributed by atoms with Gasteiger partial charge in [-0.25, -0.2) is 4.39 Å². The number of aryl methyl sites for hydroxylation is 4. The molecule has 0 amide bonds. The van der Waals surface area contributed by atoms with Crippen LogP contribution in [0.3, 0.4) is 0 Å². The van der Waals surface area contributed by atoms with E-state index in [1.807, 2.05) is 52.0 Å². The highest BCUT2D eigenvalue weighted by Crippen LogP contribution is 2.43. The minimum atomic E-state index is -0.772. The van der Waals surface area contributed by atoms with E-state index < -0.39 is 23.0 Å². The molecular weight excluding hydrogens is 931 g/mol. The number of halogens is 1. The first-order valence-corrected chi connectivity index (χ1v) is 27.8. The minimum absolute atomic E-state index is 0.0696. The zero-order valence-corrected chi connectivity index (χ0v) is 48.8. The Bertz CT molecular complexity index is 2790. The summed E-state index contributed by atoms with van der Waals surface area (Å²) in [5, 5.41) is 21.3. The van der Waals surface area contributed by atoms with Crippen molar-refractivity contribution in [2.24, 2.45) is 0 Å². The Hall–Kier alpha value is -5.12. The van der Waals surface area contributed by atoms with Crippen LogP contribution in [-0.2, 0) is 36.1 Å². The monoisotopic (exact) mass is 1020 g/mol. The number of hydrogen-bond acceptors (Lipinski definition) is 6. The number of carbonyl (C=O) groups excluding carboxylic acids is 1. The molecule has 0 atom stereocenters. The number of esters is 1. The van der Waals surface area contributed by atoms with Crippen molar-refractivity contribution in [3.63, 3.8) is 0 Å². The van der Waals surface area contributed by atoms with E-state index in [-0.39, 0.29) is 35.6 Å². The van der Waals surface area contributed by atoms with Crippen molar-refractivity contribution >= 4 is 30.7 Å². The summed E-state index contributed by atoms with van der Waals surface area (Å²) >= 11 is 0. The molecule has 404 valence electrons. The first-order chi connectivity index (χ1) is 35.3. The van der Waals surface area contributed by atoms with Crippen LogP contribution in [0.15, 0.2) is 103 Å². The quantitative estimate of drug-likeness (QED) is 0.0597. The molecule has 0 aliphatic carbocycles. The van der Waals surface area contributed by atoms with E-state index in [4.69, 9.17) is 9.31 Å². The van der Waals surface area contributed by atoms with E-state index in [0.29, 0.717) is 31.2 Å². The third-order valence-electron chi connectivity index (χ3n) is 17.7. The van der Waals surface area contributed by atoms with Crippen LogP contribution in [0.2, 0.25) is 0 Å². The van der Waals surface area contributed by atoms with E-state index in [9.17, 15) is 19.4 Å². The number of ether oxygens (including phenoxy) is 1. The molecule has 1 aliphatic heterocycles. The molecule has 0 saturated carbocycles. The Morgan fingerprint density at radius 3 is 1.32 bits per heavy atom. The fourth-order valence-corrected chi connectivity index (χ4v) is 10.8. The Labute approximate surface area is 452 Å². The highest BCUT2D eigenvalue weighted by molar-refractivity contribution is 6.62. The van der Waals surface area contributed by atoms with Crippen molar-refractivity contribution in [2.45, 2.75) is 202 Å². The van der Waals surface area contributed by atoms with Crippen LogP contribution in [-0.4, -0.2) is 52.8 Å². The van der Waals surface area contributed by atoms with Gasteiger partial charge in [-0.15, -0.1) is 0 Å². The molecule has 1 heterocycles. The molecule has 6 rings (SSSR count). The number of carbonyl (C=O) groups is 1. The van der Waals surface area contributed by atoms with E-state index in [1.54, 1.807) is 6.07 Å². The lowest BCUT2D eigenvalue weighted by Gasteiger charge is -2.34. The Morgan fingerprint density at radius 1 is 0.560 bits per heavy atom. The molecular formula is C67H90BFO6. The molecule has 5 aromatic rings. The third-order valence-corrected chi connectivity index (χ3v) is 17.7. The maximum atomic E-state index is 14.8. The van der Waals surface area contributed by atoms with E-state index >= 15 is 0 Å². The van der Waals surface area contributed by atoms with Gasteiger partial charge in [-0.1, -0.05) is 170 Å². The molecule has 75 heavy (non-hydrogen) atoms. The van der Waals surface area contributed by atoms with E-state index in [2.05, 4.69) is 167 Å². The topological polar surface area (TPSA) is 85.2 Å². The molecule has 2 N–H and O–H groups in total. The maximum Gasteiger partial charge on any atom is 0.495 e. The van der Waals surface area contributed by atoms with Gasteiger partial charge in [-0.2, -0.15) is 0 Å². The van der Waals surface area contributed by atoms with Gasteiger partial charge in [0, 0.05) is 10.8 Å². The average Bonchev–Trinajstić information content (AvgIpc) is 3.62. The predicted octanol–water partition coefficient (Wildman–Crippen LogP) is 15.8. The van der Waals surface area contributed by atoms with Crippen LogP contribution in [0.25, 0.3) is 23.3 Å². The van der Waals surface area contributed by atoms with Gasteiger partial charge in [-0.3, -0.25) is 4.79 Å². The molecule has 6 nitrogen and oxygen atoms in total. The predicted molar refractivity (Wildman–Crippen MR) is 313 cm³/mol. The normalized spacial score (nSPS) is 14.9. The molecule has 1 saturated heterocycles. The molecule has 0 aromatic heterocycles. The number of methoxy groups -OCH3 is 1. The molecule has 0 spiro atoms. The van der Waals surface area contributed by atoms with Gasteiger partial charge in [0.05, 0.1) is 35.9 Å². The SMILES string of the molecule is CCC(O)(/C=C/c1ccc(C(CC)(CC)c2ccc(-c3ccc(CC(=O)OC)c(F)c3)c(C)c2)cc1C)CC.CCC(O)(/C=C/c1ccc(C(CC)(CC)c2ccc(B3OC(C)(C)C(C)(C)O3)c(C)c2)cc1C)CC. The molecule has 1 aliphatic rings. The zero-order chi connectivity index (χ0) is 55.7. The van der Waals surface area contributed by atoms with Crippen LogP contribution >= 0.6 is 0 Å². The summed E-state index contributed by atoms with van der Waals surface area (Å²) in [4.78, 5) is 11.6. The molecule has 0 radical (unpaired) electrons. The highest BCUT2D eigenvalue weighted by Gasteiger charge is 2.52. The lowest BCUT2D eigenvalue weighted by Crippen LogP contribution is -2.41. The van der Waals surface area contributed by atoms with Gasteiger partial charge >= 0.3 is 13.1 Å². The Morgan fingerprint density at radius 2 is 0.960 bits per heavy atom. The van der Waals surface area contributed by atoms with Crippen molar-refractivity contribution in [3.8, 4) is 11.1 Å². The first-order valence-electron chi connectivity index (χ1n) is 27.8. The molecule has 8 heteroatoms. The van der Waals surface area contributed by atoms with Crippen molar-refractivity contribution < 1.29 is 33.4 Å². The second kappa shape index (κ2) is 24.9. The molecule has 0 unspecified atom stereocenters. The Kier molecular flexibility index (Phi) is 20.2. The van der Waals surface area contributed by atoms with Crippen LogP contribution in [0, 0.1) is 33.5 Å². The zero-order valence-electron chi connectivity index (χ0n) is 48.8. The van der Waals surface area contributed by atoms with Crippen LogP contribution in [0.5, 0.6) is 0 Å². The number of aliphatic hydroxyl groups is 2. The van der Waals surface area contributed by atoms with Crippen molar-refractivity contribution in [1.82, 2.24) is 0 Å². The highest BCUT2D eigenvalue weighted by atomic mass is 19.1. The molecule has 5 aromatic carbocycles. The van der Waals surface area contributed by atoms with Gasteiger partial charge in [0.2, 0.25) is 0 Å². The second-order valence-electron chi connectivity index (χ2n) is 22.3. The lowest BCUT2D eigenvalue weighted by atomic mass is 9.68. The fourth-order valence-electron chi connectivity index (χ4n) is 10.8. The van der Waals surface area contributed by atoms with Crippen LogP contribution in [0.1, 0.15) is 196 Å². The summed E-state index contributed by atoms with van der Waals surface area (Å²) in [7, 11) is 0.957. The third kappa shape index (κ3) is 13.2. The largest absolute Gasteiger partial charge is 0.495 e. The second-order valence-corrected chi connectivity index (χ2v) is 22.3. The van der Waals surface area contributed by atoms with E-state index in [0.717, 1.165) is 59.0 Å². The molecule has 0 bridgehead atoms. The number of benzene rings is 5. The van der Waals surface area contributed by atoms with Crippen molar-refractivity contribution in [1.29, 1.82) is 0 Å². The smallest absolute Gasteiger partial charge is 0.469 e. The van der Waals surface area contributed by atoms with Crippen molar-refractivity contribution in [3.05, 3.63) is 170 Å². The summed E-state index contributed by atoms with van der Waals surface area (Å²) in [6.07, 6.45) is 14.6. The average molecular weight is 1020 g/mol. The van der Waals surface area contributed by atoms with Gasteiger partial charge < -0.3 is 24.3 Å². The van der Waals surface area contributed by atoms with Gasteiger partial charge in [0.25, 0.3) is 0 Å². The molecule has 1 fully saturated rings. The van der Waals surface area contributed by atoms with Crippen LogP contribution in [0.4, 0.5) is 4.39 Å². The Balaban J connectivity index is 0.000000278.